The molecule has 0 radical (unpaired) electrons. The van der Waals surface area contributed by atoms with Crippen LogP contribution in [-0.4, -0.2) is 25.1 Å². The lowest BCUT2D eigenvalue weighted by Gasteiger charge is -2.18. The topological polar surface area (TPSA) is 67.3 Å². The van der Waals surface area contributed by atoms with Gasteiger partial charge in [0, 0.05) is 18.0 Å². The standard InChI is InChI=1S/C15H17N5/c1-10(2)11-3-5-12(6-4-11)14-18-15(20-19-14)13-9-16-7-8-17-13/h3,5-11H,4H2,1-2H3,(H,18,19,20). The van der Waals surface area contributed by atoms with Gasteiger partial charge in [-0.1, -0.05) is 32.1 Å². The summed E-state index contributed by atoms with van der Waals surface area (Å²) in [5, 5.41) is 7.18. The Morgan fingerprint density at radius 2 is 2.20 bits per heavy atom. The van der Waals surface area contributed by atoms with Crippen LogP contribution in [0.3, 0.4) is 0 Å². The van der Waals surface area contributed by atoms with Gasteiger partial charge in [0.25, 0.3) is 0 Å². The zero-order valence-electron chi connectivity index (χ0n) is 11.6. The van der Waals surface area contributed by atoms with Crippen molar-refractivity contribution in [2.75, 3.05) is 0 Å². The zero-order valence-corrected chi connectivity index (χ0v) is 11.6. The first-order valence-corrected chi connectivity index (χ1v) is 6.81. The van der Waals surface area contributed by atoms with Crippen LogP contribution in [0.4, 0.5) is 0 Å². The molecule has 1 aliphatic rings. The Labute approximate surface area is 117 Å². The highest BCUT2D eigenvalue weighted by Crippen LogP contribution is 2.27. The van der Waals surface area contributed by atoms with Crippen LogP contribution in [0.2, 0.25) is 0 Å². The Balaban J connectivity index is 1.81. The molecule has 3 rings (SSSR count). The number of nitrogens with one attached hydrogen (secondary N) is 1. The fourth-order valence-electron chi connectivity index (χ4n) is 2.22. The second-order valence-corrected chi connectivity index (χ2v) is 5.26. The first kappa shape index (κ1) is 12.7. The van der Waals surface area contributed by atoms with E-state index < -0.39 is 0 Å². The number of nitrogens with zero attached hydrogens (tertiary/aromatic N) is 4. The molecule has 0 aromatic carbocycles. The maximum atomic E-state index is 4.49. The number of aromatic nitrogens is 5. The number of aromatic amines is 1. The molecule has 5 heteroatoms. The summed E-state index contributed by atoms with van der Waals surface area (Å²) in [7, 11) is 0. The lowest BCUT2D eigenvalue weighted by molar-refractivity contribution is 0.468. The van der Waals surface area contributed by atoms with Crippen molar-refractivity contribution in [3.05, 3.63) is 42.6 Å². The van der Waals surface area contributed by atoms with E-state index in [1.165, 1.54) is 0 Å². The molecule has 2 aromatic rings. The van der Waals surface area contributed by atoms with Gasteiger partial charge in [-0.2, -0.15) is 5.10 Å². The van der Waals surface area contributed by atoms with Crippen molar-refractivity contribution >= 4 is 5.57 Å². The van der Waals surface area contributed by atoms with Gasteiger partial charge >= 0.3 is 0 Å². The molecule has 0 saturated heterocycles. The highest BCUT2D eigenvalue weighted by Gasteiger charge is 2.15. The number of H-pyrrole nitrogens is 1. The van der Waals surface area contributed by atoms with Gasteiger partial charge in [-0.3, -0.25) is 10.1 Å². The Kier molecular flexibility index (Phi) is 3.41. The van der Waals surface area contributed by atoms with Crippen LogP contribution in [-0.2, 0) is 0 Å². The molecule has 2 aromatic heterocycles. The predicted octanol–water partition coefficient (Wildman–Crippen LogP) is 2.88. The molecule has 20 heavy (non-hydrogen) atoms. The molecule has 0 spiro atoms. The van der Waals surface area contributed by atoms with E-state index in [2.05, 4.69) is 57.2 Å². The maximum Gasteiger partial charge on any atom is 0.181 e. The van der Waals surface area contributed by atoms with Gasteiger partial charge in [-0.05, 0) is 18.3 Å². The maximum absolute atomic E-state index is 4.49. The number of rotatable bonds is 3. The minimum absolute atomic E-state index is 0.608. The summed E-state index contributed by atoms with van der Waals surface area (Å²) in [6.07, 6.45) is 12.6. The van der Waals surface area contributed by atoms with E-state index in [0.717, 1.165) is 12.0 Å². The molecule has 0 aliphatic heterocycles. The van der Waals surface area contributed by atoms with Crippen molar-refractivity contribution in [2.24, 2.45) is 11.8 Å². The molecule has 1 N–H and O–H groups in total. The third-order valence-electron chi connectivity index (χ3n) is 3.54. The molecule has 0 bridgehead atoms. The van der Waals surface area contributed by atoms with Crippen LogP contribution in [0.1, 0.15) is 26.1 Å². The van der Waals surface area contributed by atoms with E-state index in [-0.39, 0.29) is 0 Å². The van der Waals surface area contributed by atoms with Crippen LogP contribution < -0.4 is 0 Å². The Morgan fingerprint density at radius 3 is 2.85 bits per heavy atom. The molecule has 0 fully saturated rings. The Morgan fingerprint density at radius 1 is 1.30 bits per heavy atom. The summed E-state index contributed by atoms with van der Waals surface area (Å²) < 4.78 is 0. The molecular formula is C15H17N5. The third kappa shape index (κ3) is 2.52. The summed E-state index contributed by atoms with van der Waals surface area (Å²) in [4.78, 5) is 12.7. The number of hydrogen-bond donors (Lipinski definition) is 1. The minimum Gasteiger partial charge on any atom is -0.261 e. The van der Waals surface area contributed by atoms with Gasteiger partial charge in [-0.25, -0.2) is 9.97 Å². The van der Waals surface area contributed by atoms with Gasteiger partial charge in [-0.15, -0.1) is 0 Å². The monoisotopic (exact) mass is 267 g/mol. The summed E-state index contributed by atoms with van der Waals surface area (Å²) in [6, 6.07) is 0. The fraction of sp³-hybridized carbons (Fsp3) is 0.333. The summed E-state index contributed by atoms with van der Waals surface area (Å²) in [5.74, 6) is 2.63. The molecule has 1 aliphatic carbocycles. The fourth-order valence-corrected chi connectivity index (χ4v) is 2.22. The SMILES string of the molecule is CC(C)C1C=CC(c2n[nH]c(-c3cnccn3)n2)=CC1. The smallest absolute Gasteiger partial charge is 0.181 e. The summed E-state index contributed by atoms with van der Waals surface area (Å²) in [6.45, 7) is 4.49. The van der Waals surface area contributed by atoms with Crippen molar-refractivity contribution in [3.63, 3.8) is 0 Å². The van der Waals surface area contributed by atoms with Crippen molar-refractivity contribution in [2.45, 2.75) is 20.3 Å². The van der Waals surface area contributed by atoms with Crippen LogP contribution in [0.5, 0.6) is 0 Å². The quantitative estimate of drug-likeness (QED) is 0.928. The minimum atomic E-state index is 0.608. The van der Waals surface area contributed by atoms with Gasteiger partial charge in [0.05, 0.1) is 6.20 Å². The van der Waals surface area contributed by atoms with Gasteiger partial charge < -0.3 is 0 Å². The molecular weight excluding hydrogens is 250 g/mol. The van der Waals surface area contributed by atoms with E-state index in [1.54, 1.807) is 18.6 Å². The largest absolute Gasteiger partial charge is 0.261 e. The van der Waals surface area contributed by atoms with Gasteiger partial charge in [0.2, 0.25) is 0 Å². The van der Waals surface area contributed by atoms with E-state index in [0.29, 0.717) is 29.2 Å². The molecule has 0 amide bonds. The van der Waals surface area contributed by atoms with E-state index in [4.69, 9.17) is 0 Å². The third-order valence-corrected chi connectivity index (χ3v) is 3.54. The predicted molar refractivity (Wildman–Crippen MR) is 77.5 cm³/mol. The average molecular weight is 267 g/mol. The normalized spacial score (nSPS) is 18.4. The van der Waals surface area contributed by atoms with Crippen molar-refractivity contribution in [3.8, 4) is 11.5 Å². The lowest BCUT2D eigenvalue weighted by atomic mass is 9.87. The first-order valence-electron chi connectivity index (χ1n) is 6.81. The van der Waals surface area contributed by atoms with Crippen LogP contribution in [0.25, 0.3) is 17.1 Å². The molecule has 0 saturated carbocycles. The van der Waals surface area contributed by atoms with Crippen molar-refractivity contribution in [1.82, 2.24) is 25.1 Å². The molecule has 5 nitrogen and oxygen atoms in total. The van der Waals surface area contributed by atoms with Crippen LogP contribution in [0, 0.1) is 11.8 Å². The van der Waals surface area contributed by atoms with Gasteiger partial charge in [0.1, 0.15) is 5.69 Å². The van der Waals surface area contributed by atoms with E-state index in [1.807, 2.05) is 0 Å². The second kappa shape index (κ2) is 5.36. The molecule has 2 heterocycles. The molecule has 102 valence electrons. The van der Waals surface area contributed by atoms with E-state index >= 15 is 0 Å². The van der Waals surface area contributed by atoms with Crippen molar-refractivity contribution in [1.29, 1.82) is 0 Å². The second-order valence-electron chi connectivity index (χ2n) is 5.26. The number of hydrogen-bond acceptors (Lipinski definition) is 4. The van der Waals surface area contributed by atoms with E-state index in [9.17, 15) is 0 Å². The molecule has 1 atom stereocenters. The van der Waals surface area contributed by atoms with Crippen LogP contribution in [0.15, 0.2) is 36.8 Å². The Hall–Kier alpha value is -2.30. The highest BCUT2D eigenvalue weighted by molar-refractivity contribution is 5.71. The highest BCUT2D eigenvalue weighted by atomic mass is 15.2. The number of allylic oxidation sites excluding steroid dienone is 4. The zero-order chi connectivity index (χ0) is 13.9. The molecule has 1 unspecified atom stereocenters. The van der Waals surface area contributed by atoms with Gasteiger partial charge in [0.15, 0.2) is 11.6 Å². The Bertz CT molecular complexity index is 639. The lowest BCUT2D eigenvalue weighted by Crippen LogP contribution is -2.07. The van der Waals surface area contributed by atoms with Crippen molar-refractivity contribution < 1.29 is 0 Å². The summed E-state index contributed by atoms with van der Waals surface area (Å²) in [5.41, 5.74) is 1.76. The summed E-state index contributed by atoms with van der Waals surface area (Å²) >= 11 is 0. The average Bonchev–Trinajstić information content (AvgIpc) is 2.98. The first-order chi connectivity index (χ1) is 9.74. The van der Waals surface area contributed by atoms with Crippen LogP contribution >= 0.6 is 0 Å².